The zero-order valence-electron chi connectivity index (χ0n) is 20.9. The molecule has 8 nitrogen and oxygen atoms in total. The lowest BCUT2D eigenvalue weighted by Crippen LogP contribution is -2.07. The Labute approximate surface area is 253 Å². The van der Waals surface area contributed by atoms with Crippen molar-refractivity contribution >= 4 is 80.6 Å². The number of carboxylic acid groups (broad SMARTS) is 4. The van der Waals surface area contributed by atoms with Gasteiger partial charge in [-0.25, -0.2) is 0 Å². The molecule has 0 amide bonds. The molecule has 0 radical (unpaired) electrons. The molecule has 0 atom stereocenters. The highest BCUT2D eigenvalue weighted by Gasteiger charge is 2.28. The second kappa shape index (κ2) is 12.1. The molecule has 0 aromatic carbocycles. The predicted molar refractivity (Wildman–Crippen MR) is 163 cm³/mol. The summed E-state index contributed by atoms with van der Waals surface area (Å²) in [6, 6.07) is 11.1. The number of carbonyl (C=O) groups is 4. The van der Waals surface area contributed by atoms with E-state index in [0.717, 1.165) is 29.3 Å². The third kappa shape index (κ3) is 6.19. The Balaban J connectivity index is 1.68. The molecule has 0 saturated carbocycles. The maximum Gasteiger partial charge on any atom is 0.307 e. The van der Waals surface area contributed by atoms with E-state index in [1.165, 1.54) is 56.7 Å². The molecule has 0 aliphatic carbocycles. The molecule has 210 valence electrons. The van der Waals surface area contributed by atoms with Crippen molar-refractivity contribution in [1.82, 2.24) is 0 Å². The fraction of sp³-hybridized carbons (Fsp3) is 0.143. The topological polar surface area (TPSA) is 149 Å². The zero-order valence-corrected chi connectivity index (χ0v) is 25.0. The lowest BCUT2D eigenvalue weighted by Gasteiger charge is -2.05. The van der Waals surface area contributed by atoms with Crippen LogP contribution in [0.4, 0.5) is 0 Å². The predicted octanol–water partition coefficient (Wildman–Crippen LogP) is 7.17. The third-order valence-corrected chi connectivity index (χ3v) is 12.2. The third-order valence-electron chi connectivity index (χ3n) is 6.09. The van der Waals surface area contributed by atoms with Crippen LogP contribution in [0.15, 0.2) is 47.2 Å². The minimum Gasteiger partial charge on any atom is -0.481 e. The fourth-order valence-electron chi connectivity index (χ4n) is 4.55. The van der Waals surface area contributed by atoms with Gasteiger partial charge in [0.1, 0.15) is 0 Å². The van der Waals surface area contributed by atoms with Gasteiger partial charge in [-0.05, 0) is 57.3 Å². The van der Waals surface area contributed by atoms with E-state index in [2.05, 4.69) is 0 Å². The maximum atomic E-state index is 11.9. The highest BCUT2D eigenvalue weighted by atomic mass is 32.1. The Morgan fingerprint density at radius 2 is 0.780 bits per heavy atom. The first-order chi connectivity index (χ1) is 19.6. The molecular weight excluding hydrogens is 625 g/mol. The monoisotopic (exact) mass is 644 g/mol. The molecule has 41 heavy (non-hydrogen) atoms. The second-order valence-corrected chi connectivity index (χ2v) is 13.9. The average molecular weight is 645 g/mol. The van der Waals surface area contributed by atoms with Crippen LogP contribution in [-0.4, -0.2) is 44.3 Å². The van der Waals surface area contributed by atoms with Crippen LogP contribution in [0.2, 0.25) is 0 Å². The summed E-state index contributed by atoms with van der Waals surface area (Å²) in [6.07, 6.45) is -1.33. The van der Waals surface area contributed by atoms with Gasteiger partial charge in [-0.15, -0.1) is 56.7 Å². The summed E-state index contributed by atoms with van der Waals surface area (Å²) in [5.74, 6) is -4.28. The van der Waals surface area contributed by atoms with Crippen molar-refractivity contribution < 1.29 is 39.6 Å². The number of carboxylic acids is 4. The summed E-state index contributed by atoms with van der Waals surface area (Å²) in [4.78, 5) is 53.2. The lowest BCUT2D eigenvalue weighted by molar-refractivity contribution is -0.137. The summed E-state index contributed by atoms with van der Waals surface area (Å²) in [5, 5.41) is 42.4. The van der Waals surface area contributed by atoms with Crippen LogP contribution in [0.5, 0.6) is 0 Å². The standard InChI is InChI=1S/C28H20O8S5/c29-21(30)9-13-15(11-23(33)34)27(40-25(13)17-3-1-7-37-17)19-5-6-20(39-19)28-16(12-24(35)36)14(10-22(31)32)26(41-28)18-4-2-8-38-18/h1-8H,9-12H2,(H,29,30)(H,31,32)(H,33,34)(H,35,36). The number of rotatable bonds is 12. The molecule has 5 aromatic rings. The van der Waals surface area contributed by atoms with Gasteiger partial charge in [0.15, 0.2) is 0 Å². The minimum absolute atomic E-state index is 0.318. The smallest absolute Gasteiger partial charge is 0.307 e. The Morgan fingerprint density at radius 3 is 1.05 bits per heavy atom. The van der Waals surface area contributed by atoms with Gasteiger partial charge in [0, 0.05) is 39.0 Å². The van der Waals surface area contributed by atoms with E-state index in [1.807, 2.05) is 47.2 Å². The van der Waals surface area contributed by atoms with E-state index in [-0.39, 0.29) is 25.7 Å². The van der Waals surface area contributed by atoms with Gasteiger partial charge in [-0.3, -0.25) is 19.2 Å². The van der Waals surface area contributed by atoms with E-state index in [4.69, 9.17) is 0 Å². The quantitative estimate of drug-likeness (QED) is 0.112. The van der Waals surface area contributed by atoms with E-state index in [1.54, 1.807) is 0 Å². The highest BCUT2D eigenvalue weighted by molar-refractivity contribution is 7.29. The minimum atomic E-state index is -1.08. The maximum absolute atomic E-state index is 11.9. The first-order valence-electron chi connectivity index (χ1n) is 12.0. The van der Waals surface area contributed by atoms with Crippen LogP contribution in [-0.2, 0) is 44.9 Å². The average Bonchev–Trinajstić information content (AvgIpc) is 3.71. The summed E-state index contributed by atoms with van der Waals surface area (Å²) in [6.45, 7) is 0. The number of thiophene rings is 5. The molecule has 0 fully saturated rings. The van der Waals surface area contributed by atoms with E-state index in [0.29, 0.717) is 32.0 Å². The van der Waals surface area contributed by atoms with Crippen molar-refractivity contribution in [3.05, 3.63) is 69.4 Å². The SMILES string of the molecule is O=C(O)Cc1c(-c2cccs2)sc(-c2ccc(-c3sc(-c4cccs4)c(CC(=O)O)c3CC(=O)O)s2)c1CC(=O)O. The van der Waals surface area contributed by atoms with Crippen LogP contribution in [0, 0.1) is 0 Å². The molecule has 0 saturated heterocycles. The molecule has 5 rings (SSSR count). The molecule has 0 bridgehead atoms. The van der Waals surface area contributed by atoms with Gasteiger partial charge >= 0.3 is 23.9 Å². The molecule has 0 aliphatic heterocycles. The highest BCUT2D eigenvalue weighted by Crippen LogP contribution is 2.50. The number of hydrogen-bond donors (Lipinski definition) is 4. The Hall–Kier alpha value is -3.62. The summed E-state index contributed by atoms with van der Waals surface area (Å²) >= 11 is 6.92. The second-order valence-electron chi connectivity index (χ2n) is 8.84. The van der Waals surface area contributed by atoms with Crippen molar-refractivity contribution in [3.8, 4) is 39.0 Å². The van der Waals surface area contributed by atoms with Crippen LogP contribution in [0.1, 0.15) is 22.3 Å². The normalized spacial score (nSPS) is 11.1. The Bertz CT molecular complexity index is 1630. The van der Waals surface area contributed by atoms with Gasteiger partial charge in [0.2, 0.25) is 0 Å². The van der Waals surface area contributed by atoms with Crippen molar-refractivity contribution in [2.75, 3.05) is 0 Å². The van der Waals surface area contributed by atoms with Crippen LogP contribution >= 0.6 is 56.7 Å². The van der Waals surface area contributed by atoms with Gasteiger partial charge < -0.3 is 20.4 Å². The summed E-state index contributed by atoms with van der Waals surface area (Å²) in [5.41, 5.74) is 1.85. The molecule has 0 unspecified atom stereocenters. The van der Waals surface area contributed by atoms with Crippen LogP contribution in [0.3, 0.4) is 0 Å². The molecule has 5 aromatic heterocycles. The molecule has 0 spiro atoms. The molecular formula is C28H20O8S5. The fourth-order valence-corrected chi connectivity index (χ4v) is 10.3. The lowest BCUT2D eigenvalue weighted by atomic mass is 10.0. The van der Waals surface area contributed by atoms with E-state index in [9.17, 15) is 39.6 Å². The number of hydrogen-bond acceptors (Lipinski definition) is 9. The van der Waals surface area contributed by atoms with Crippen molar-refractivity contribution in [3.63, 3.8) is 0 Å². The zero-order chi connectivity index (χ0) is 29.3. The molecule has 13 heteroatoms. The van der Waals surface area contributed by atoms with Gasteiger partial charge in [-0.2, -0.15) is 0 Å². The van der Waals surface area contributed by atoms with Crippen molar-refractivity contribution in [2.24, 2.45) is 0 Å². The van der Waals surface area contributed by atoms with Gasteiger partial charge in [-0.1, -0.05) is 12.1 Å². The Morgan fingerprint density at radius 1 is 0.463 bits per heavy atom. The molecule has 4 N–H and O–H groups in total. The van der Waals surface area contributed by atoms with Gasteiger partial charge in [0.05, 0.1) is 25.7 Å². The number of aliphatic carboxylic acids is 4. The van der Waals surface area contributed by atoms with Crippen molar-refractivity contribution in [2.45, 2.75) is 25.7 Å². The molecule has 5 heterocycles. The first kappa shape index (κ1) is 28.9. The van der Waals surface area contributed by atoms with E-state index < -0.39 is 23.9 Å². The van der Waals surface area contributed by atoms with Crippen LogP contribution < -0.4 is 0 Å². The summed E-state index contributed by atoms with van der Waals surface area (Å²) in [7, 11) is 0. The first-order valence-corrected chi connectivity index (χ1v) is 16.2. The van der Waals surface area contributed by atoms with Crippen molar-refractivity contribution in [1.29, 1.82) is 0 Å². The van der Waals surface area contributed by atoms with Gasteiger partial charge in [0.25, 0.3) is 0 Å². The summed E-state index contributed by atoms with van der Waals surface area (Å²) < 4.78 is 0. The Kier molecular flexibility index (Phi) is 8.52. The van der Waals surface area contributed by atoms with E-state index >= 15 is 0 Å². The largest absolute Gasteiger partial charge is 0.481 e. The van der Waals surface area contributed by atoms with Crippen LogP contribution in [0.25, 0.3) is 39.0 Å². The molecule has 0 aliphatic rings.